The maximum absolute atomic E-state index is 8.63. The Morgan fingerprint density at radius 3 is 2.92 bits per heavy atom. The molecule has 1 rings (SSSR count). The predicted molar refractivity (Wildman–Crippen MR) is 49.1 cm³/mol. The van der Waals surface area contributed by atoms with Crippen LogP contribution in [-0.4, -0.2) is 10.1 Å². The molecular weight excluding hydrogens is 172 g/mol. The molecule has 2 N–H and O–H groups in total. The van der Waals surface area contributed by atoms with Crippen LogP contribution in [0.4, 0.5) is 5.69 Å². The fraction of sp³-hybridized carbons (Fsp3) is 0. The summed E-state index contributed by atoms with van der Waals surface area (Å²) in [5.74, 6) is 0. The lowest BCUT2D eigenvalue weighted by atomic mass is 10.4. The second-order valence-corrected chi connectivity index (χ2v) is 2.40. The van der Waals surface area contributed by atoms with E-state index in [0.29, 0.717) is 5.69 Å². The first kappa shape index (κ1) is 8.43. The minimum absolute atomic E-state index is 0.0190. The Morgan fingerprint density at radius 1 is 1.75 bits per heavy atom. The molecule has 4 nitrogen and oxygen atoms in total. The maximum atomic E-state index is 8.63. The van der Waals surface area contributed by atoms with Gasteiger partial charge in [-0.3, -0.25) is 4.98 Å². The number of nitrogens with zero attached hydrogens (tertiary/aromatic N) is 3. The summed E-state index contributed by atoms with van der Waals surface area (Å²) in [5.41, 5.74) is 5.86. The second-order valence-electron chi connectivity index (χ2n) is 1.98. The van der Waals surface area contributed by atoms with Crippen molar-refractivity contribution in [1.82, 2.24) is 4.98 Å². The molecule has 0 saturated carbocycles. The Bertz CT molecular complexity index is 316. The van der Waals surface area contributed by atoms with Gasteiger partial charge >= 0.3 is 0 Å². The van der Waals surface area contributed by atoms with Crippen LogP contribution in [0.5, 0.6) is 0 Å². The Labute approximate surface area is 75.2 Å². The zero-order valence-electron chi connectivity index (χ0n) is 6.14. The first-order valence-electron chi connectivity index (χ1n) is 3.15. The molecule has 0 radical (unpaired) electrons. The number of thiocarbonyl (C=S) groups is 1. The van der Waals surface area contributed by atoms with Crippen LogP contribution in [-0.2, 0) is 0 Å². The summed E-state index contributed by atoms with van der Waals surface area (Å²) in [6.07, 6.45) is 4.97. The number of rotatable bonds is 1. The highest BCUT2D eigenvalue weighted by molar-refractivity contribution is 7.80. The molecule has 5 heteroatoms. The van der Waals surface area contributed by atoms with E-state index in [2.05, 4.69) is 17.2 Å². The summed E-state index contributed by atoms with van der Waals surface area (Å²) in [7, 11) is 0. The molecule has 0 aliphatic heterocycles. The van der Waals surface area contributed by atoms with Crippen LogP contribution in [0.2, 0.25) is 0 Å². The van der Waals surface area contributed by atoms with Gasteiger partial charge in [0.2, 0.25) is 0 Å². The van der Waals surface area contributed by atoms with Crippen molar-refractivity contribution in [1.29, 1.82) is 5.26 Å². The van der Waals surface area contributed by atoms with E-state index >= 15 is 0 Å². The predicted octanol–water partition coefficient (Wildman–Crippen LogP) is 0.613. The van der Waals surface area contributed by atoms with Crippen molar-refractivity contribution in [3.05, 3.63) is 24.5 Å². The van der Waals surface area contributed by atoms with E-state index in [1.54, 1.807) is 18.3 Å². The first-order chi connectivity index (χ1) is 5.75. The Kier molecular flexibility index (Phi) is 2.56. The van der Waals surface area contributed by atoms with Crippen molar-refractivity contribution in [3.8, 4) is 6.19 Å². The van der Waals surface area contributed by atoms with E-state index in [9.17, 15) is 0 Å². The zero-order valence-corrected chi connectivity index (χ0v) is 6.95. The fourth-order valence-electron chi connectivity index (χ4n) is 0.720. The molecule has 0 aliphatic carbocycles. The van der Waals surface area contributed by atoms with E-state index in [1.165, 1.54) is 6.20 Å². The molecular formula is C7H6N4S. The number of hydrogen-bond donors (Lipinski definition) is 1. The summed E-state index contributed by atoms with van der Waals surface area (Å²) in [5, 5.41) is 8.65. The van der Waals surface area contributed by atoms with Crippen LogP contribution in [0.15, 0.2) is 24.5 Å². The number of aromatic nitrogens is 1. The van der Waals surface area contributed by atoms with Crippen molar-refractivity contribution >= 4 is 23.0 Å². The standard InChI is InChI=1S/C7H6N4S/c8-5-11(7(9)12)6-2-1-3-10-4-6/h1-4H,(H2,9,12). The first-order valence-corrected chi connectivity index (χ1v) is 3.56. The van der Waals surface area contributed by atoms with E-state index in [1.807, 2.05) is 6.19 Å². The highest BCUT2D eigenvalue weighted by atomic mass is 32.1. The summed E-state index contributed by atoms with van der Waals surface area (Å²) < 4.78 is 0. The number of pyridine rings is 1. The van der Waals surface area contributed by atoms with Gasteiger partial charge in [-0.05, 0) is 24.4 Å². The number of nitrogens with two attached hydrogens (primary N) is 1. The maximum Gasteiger partial charge on any atom is 0.191 e. The molecule has 0 unspecified atom stereocenters. The van der Waals surface area contributed by atoms with Crippen molar-refractivity contribution in [2.45, 2.75) is 0 Å². The van der Waals surface area contributed by atoms with Gasteiger partial charge in [-0.2, -0.15) is 5.26 Å². The van der Waals surface area contributed by atoms with E-state index in [-0.39, 0.29) is 5.11 Å². The number of hydrogen-bond acceptors (Lipinski definition) is 3. The van der Waals surface area contributed by atoms with Gasteiger partial charge in [-0.25, -0.2) is 4.90 Å². The smallest absolute Gasteiger partial charge is 0.191 e. The molecule has 60 valence electrons. The number of anilines is 1. The van der Waals surface area contributed by atoms with Gasteiger partial charge in [0.15, 0.2) is 11.3 Å². The summed E-state index contributed by atoms with van der Waals surface area (Å²) in [6, 6.07) is 3.41. The quantitative estimate of drug-likeness (QED) is 0.388. The van der Waals surface area contributed by atoms with Crippen LogP contribution >= 0.6 is 12.2 Å². The van der Waals surface area contributed by atoms with Gasteiger partial charge in [-0.1, -0.05) is 0 Å². The highest BCUT2D eigenvalue weighted by Crippen LogP contribution is 2.09. The Balaban J connectivity index is 2.98. The normalized spacial score (nSPS) is 8.58. The molecule has 1 aromatic heterocycles. The summed E-state index contributed by atoms with van der Waals surface area (Å²) >= 11 is 4.65. The third kappa shape index (κ3) is 1.68. The summed E-state index contributed by atoms with van der Waals surface area (Å²) in [4.78, 5) is 4.96. The van der Waals surface area contributed by atoms with E-state index in [0.717, 1.165) is 4.90 Å². The number of nitriles is 1. The monoisotopic (exact) mass is 178 g/mol. The van der Waals surface area contributed by atoms with Gasteiger partial charge in [0.1, 0.15) is 0 Å². The molecule has 0 fully saturated rings. The lowest BCUT2D eigenvalue weighted by Gasteiger charge is -2.11. The van der Waals surface area contributed by atoms with Crippen LogP contribution in [0.1, 0.15) is 0 Å². The van der Waals surface area contributed by atoms with Crippen molar-refractivity contribution in [2.75, 3.05) is 4.90 Å². The van der Waals surface area contributed by atoms with Crippen LogP contribution < -0.4 is 10.6 Å². The molecule has 0 spiro atoms. The van der Waals surface area contributed by atoms with Gasteiger partial charge in [-0.15, -0.1) is 0 Å². The lowest BCUT2D eigenvalue weighted by Crippen LogP contribution is -2.30. The van der Waals surface area contributed by atoms with Crippen LogP contribution in [0.25, 0.3) is 0 Å². The Morgan fingerprint density at radius 2 is 2.50 bits per heavy atom. The molecule has 0 saturated heterocycles. The van der Waals surface area contributed by atoms with Crippen molar-refractivity contribution in [3.63, 3.8) is 0 Å². The SMILES string of the molecule is N#CN(C(N)=S)c1cccnc1. The van der Waals surface area contributed by atoms with E-state index < -0.39 is 0 Å². The molecule has 0 atom stereocenters. The molecule has 0 amide bonds. The Hall–Kier alpha value is -1.67. The molecule has 12 heavy (non-hydrogen) atoms. The van der Waals surface area contributed by atoms with Gasteiger partial charge in [0, 0.05) is 6.20 Å². The molecule has 1 aromatic rings. The zero-order chi connectivity index (χ0) is 8.97. The van der Waals surface area contributed by atoms with Gasteiger partial charge in [0.05, 0.1) is 11.9 Å². The topological polar surface area (TPSA) is 65.9 Å². The van der Waals surface area contributed by atoms with Crippen LogP contribution in [0, 0.1) is 11.5 Å². The third-order valence-electron chi connectivity index (χ3n) is 1.22. The van der Waals surface area contributed by atoms with Crippen LogP contribution in [0.3, 0.4) is 0 Å². The minimum atomic E-state index is 0.0190. The molecule has 0 aromatic carbocycles. The third-order valence-corrected chi connectivity index (χ3v) is 1.41. The van der Waals surface area contributed by atoms with Gasteiger partial charge < -0.3 is 5.73 Å². The lowest BCUT2D eigenvalue weighted by molar-refractivity contribution is 1.26. The summed E-state index contributed by atoms with van der Waals surface area (Å²) in [6.45, 7) is 0. The average Bonchev–Trinajstić information content (AvgIpc) is 2.07. The molecule has 0 aliphatic rings. The second kappa shape index (κ2) is 3.64. The highest BCUT2D eigenvalue weighted by Gasteiger charge is 2.06. The van der Waals surface area contributed by atoms with Crippen molar-refractivity contribution < 1.29 is 0 Å². The van der Waals surface area contributed by atoms with E-state index in [4.69, 9.17) is 11.0 Å². The molecule has 1 heterocycles. The van der Waals surface area contributed by atoms with Crippen molar-refractivity contribution in [2.24, 2.45) is 5.73 Å². The molecule has 0 bridgehead atoms. The largest absolute Gasteiger partial charge is 0.375 e. The fourth-order valence-corrected chi connectivity index (χ4v) is 0.867. The van der Waals surface area contributed by atoms with Gasteiger partial charge in [0.25, 0.3) is 0 Å². The minimum Gasteiger partial charge on any atom is -0.375 e. The average molecular weight is 178 g/mol.